The summed E-state index contributed by atoms with van der Waals surface area (Å²) in [5.41, 5.74) is 1.67. The Morgan fingerprint density at radius 3 is 2.50 bits per heavy atom. The molecule has 18 heavy (non-hydrogen) atoms. The molecule has 0 amide bonds. The summed E-state index contributed by atoms with van der Waals surface area (Å²) in [6.07, 6.45) is 0. The summed E-state index contributed by atoms with van der Waals surface area (Å²) in [6.45, 7) is 2.35. The van der Waals surface area contributed by atoms with E-state index in [2.05, 4.69) is 31.2 Å². The Kier molecular flexibility index (Phi) is 4.43. The standard InChI is InChI=1S/C12H10BrCl2N3/c1-7-17-11(14)10(12(15)18-7)16-6-8-3-2-4-9(13)5-8/h2-5,16H,6H2,1H3. The predicted molar refractivity (Wildman–Crippen MR) is 78.3 cm³/mol. The molecule has 0 saturated heterocycles. The molecule has 1 N–H and O–H groups in total. The maximum absolute atomic E-state index is 6.02. The van der Waals surface area contributed by atoms with Crippen molar-refractivity contribution in [2.45, 2.75) is 13.5 Å². The highest BCUT2D eigenvalue weighted by atomic mass is 79.9. The third kappa shape index (κ3) is 3.34. The monoisotopic (exact) mass is 345 g/mol. The molecule has 0 atom stereocenters. The van der Waals surface area contributed by atoms with Gasteiger partial charge in [0.15, 0.2) is 10.3 Å². The number of hydrogen-bond acceptors (Lipinski definition) is 3. The SMILES string of the molecule is Cc1nc(Cl)c(NCc2cccc(Br)c2)c(Cl)n1. The molecule has 0 unspecified atom stereocenters. The zero-order chi connectivity index (χ0) is 13.1. The van der Waals surface area contributed by atoms with Crippen molar-refractivity contribution in [1.29, 1.82) is 0 Å². The lowest BCUT2D eigenvalue weighted by Crippen LogP contribution is -2.03. The molecule has 0 saturated carbocycles. The van der Waals surface area contributed by atoms with Crippen molar-refractivity contribution < 1.29 is 0 Å². The van der Waals surface area contributed by atoms with Gasteiger partial charge in [0.05, 0.1) is 0 Å². The number of benzene rings is 1. The average Bonchev–Trinajstić information content (AvgIpc) is 2.27. The Hall–Kier alpha value is -0.840. The Morgan fingerprint density at radius 1 is 1.22 bits per heavy atom. The van der Waals surface area contributed by atoms with Gasteiger partial charge in [0.2, 0.25) is 0 Å². The highest BCUT2D eigenvalue weighted by Gasteiger charge is 2.09. The first-order chi connectivity index (χ1) is 8.56. The van der Waals surface area contributed by atoms with E-state index < -0.39 is 0 Å². The van der Waals surface area contributed by atoms with E-state index in [1.807, 2.05) is 24.3 Å². The molecule has 2 aromatic rings. The summed E-state index contributed by atoms with van der Waals surface area (Å²) in [6, 6.07) is 7.97. The lowest BCUT2D eigenvalue weighted by Gasteiger charge is -2.10. The number of aryl methyl sites for hydroxylation is 1. The first kappa shape index (κ1) is 13.6. The Morgan fingerprint density at radius 2 is 1.89 bits per heavy atom. The van der Waals surface area contributed by atoms with Crippen LogP contribution in [0.3, 0.4) is 0 Å². The minimum Gasteiger partial charge on any atom is -0.376 e. The first-order valence-electron chi connectivity index (χ1n) is 5.24. The van der Waals surface area contributed by atoms with Gasteiger partial charge < -0.3 is 5.32 Å². The smallest absolute Gasteiger partial charge is 0.157 e. The van der Waals surface area contributed by atoms with Crippen LogP contribution in [-0.4, -0.2) is 9.97 Å². The van der Waals surface area contributed by atoms with Crippen molar-refractivity contribution in [3.05, 3.63) is 50.4 Å². The van der Waals surface area contributed by atoms with Crippen LogP contribution in [0.15, 0.2) is 28.7 Å². The van der Waals surface area contributed by atoms with Crippen LogP contribution in [0.2, 0.25) is 10.3 Å². The van der Waals surface area contributed by atoms with Crippen molar-refractivity contribution in [3.8, 4) is 0 Å². The Balaban J connectivity index is 2.16. The van der Waals surface area contributed by atoms with E-state index in [-0.39, 0.29) is 0 Å². The van der Waals surface area contributed by atoms with E-state index in [9.17, 15) is 0 Å². The fourth-order valence-electron chi connectivity index (χ4n) is 1.49. The van der Waals surface area contributed by atoms with Gasteiger partial charge in [0, 0.05) is 11.0 Å². The molecule has 0 radical (unpaired) electrons. The molecule has 3 nitrogen and oxygen atoms in total. The van der Waals surface area contributed by atoms with Crippen LogP contribution in [0.4, 0.5) is 5.69 Å². The van der Waals surface area contributed by atoms with Crippen LogP contribution in [-0.2, 0) is 6.54 Å². The third-order valence-corrected chi connectivity index (χ3v) is 3.33. The van der Waals surface area contributed by atoms with Gasteiger partial charge in [-0.05, 0) is 24.6 Å². The van der Waals surface area contributed by atoms with Gasteiger partial charge in [-0.1, -0.05) is 51.3 Å². The summed E-state index contributed by atoms with van der Waals surface area (Å²) in [5.74, 6) is 0.554. The number of anilines is 1. The van der Waals surface area contributed by atoms with Gasteiger partial charge in [0.1, 0.15) is 11.5 Å². The Bertz CT molecular complexity index is 552. The quantitative estimate of drug-likeness (QED) is 0.833. The number of nitrogens with one attached hydrogen (secondary N) is 1. The fraction of sp³-hybridized carbons (Fsp3) is 0.167. The normalized spacial score (nSPS) is 10.4. The van der Waals surface area contributed by atoms with E-state index in [1.165, 1.54) is 0 Å². The van der Waals surface area contributed by atoms with Crippen LogP contribution >= 0.6 is 39.1 Å². The second-order valence-corrected chi connectivity index (χ2v) is 5.34. The summed E-state index contributed by atoms with van der Waals surface area (Å²) < 4.78 is 1.03. The maximum Gasteiger partial charge on any atom is 0.157 e. The molecule has 1 aromatic heterocycles. The second-order valence-electron chi connectivity index (χ2n) is 3.71. The van der Waals surface area contributed by atoms with Crippen molar-refractivity contribution in [1.82, 2.24) is 9.97 Å². The highest BCUT2D eigenvalue weighted by Crippen LogP contribution is 2.27. The molecule has 0 fully saturated rings. The molecular formula is C12H10BrCl2N3. The number of halogens is 3. The predicted octanol–water partition coefficient (Wildman–Crippen LogP) is 4.47. The highest BCUT2D eigenvalue weighted by molar-refractivity contribution is 9.10. The van der Waals surface area contributed by atoms with Gasteiger partial charge in [-0.15, -0.1) is 0 Å². The van der Waals surface area contributed by atoms with E-state index in [0.29, 0.717) is 28.4 Å². The van der Waals surface area contributed by atoms with Gasteiger partial charge in [-0.2, -0.15) is 0 Å². The zero-order valence-electron chi connectivity index (χ0n) is 9.54. The molecule has 0 bridgehead atoms. The lowest BCUT2D eigenvalue weighted by atomic mass is 10.2. The molecule has 2 rings (SSSR count). The molecule has 0 spiro atoms. The van der Waals surface area contributed by atoms with Gasteiger partial charge >= 0.3 is 0 Å². The molecule has 0 aliphatic rings. The van der Waals surface area contributed by atoms with Crippen molar-refractivity contribution in [2.24, 2.45) is 0 Å². The lowest BCUT2D eigenvalue weighted by molar-refractivity contribution is 1.04. The van der Waals surface area contributed by atoms with E-state index in [4.69, 9.17) is 23.2 Å². The van der Waals surface area contributed by atoms with Gasteiger partial charge in [-0.25, -0.2) is 9.97 Å². The van der Waals surface area contributed by atoms with Crippen LogP contribution in [0.5, 0.6) is 0 Å². The first-order valence-corrected chi connectivity index (χ1v) is 6.79. The van der Waals surface area contributed by atoms with Gasteiger partial charge in [-0.3, -0.25) is 0 Å². The van der Waals surface area contributed by atoms with Crippen molar-refractivity contribution in [3.63, 3.8) is 0 Å². The summed E-state index contributed by atoms with van der Waals surface area (Å²) in [7, 11) is 0. The molecule has 0 aliphatic carbocycles. The summed E-state index contributed by atoms with van der Waals surface area (Å²) >= 11 is 15.5. The van der Waals surface area contributed by atoms with Crippen LogP contribution in [0.25, 0.3) is 0 Å². The molecule has 6 heteroatoms. The molecular weight excluding hydrogens is 337 g/mol. The van der Waals surface area contributed by atoms with Crippen molar-refractivity contribution >= 4 is 44.8 Å². The number of hydrogen-bond donors (Lipinski definition) is 1. The van der Waals surface area contributed by atoms with Crippen molar-refractivity contribution in [2.75, 3.05) is 5.32 Å². The molecule has 1 heterocycles. The van der Waals surface area contributed by atoms with E-state index in [0.717, 1.165) is 10.0 Å². The van der Waals surface area contributed by atoms with Crippen LogP contribution < -0.4 is 5.32 Å². The minimum atomic E-state index is 0.336. The topological polar surface area (TPSA) is 37.8 Å². The largest absolute Gasteiger partial charge is 0.376 e. The molecule has 0 aliphatic heterocycles. The Labute approximate surface area is 124 Å². The summed E-state index contributed by atoms with van der Waals surface area (Å²) in [5, 5.41) is 3.81. The zero-order valence-corrected chi connectivity index (χ0v) is 12.6. The number of nitrogens with zero attached hydrogens (tertiary/aromatic N) is 2. The number of rotatable bonds is 3. The van der Waals surface area contributed by atoms with Gasteiger partial charge in [0.25, 0.3) is 0 Å². The van der Waals surface area contributed by atoms with Crippen LogP contribution in [0, 0.1) is 6.92 Å². The summed E-state index contributed by atoms with van der Waals surface area (Å²) in [4.78, 5) is 8.12. The molecule has 94 valence electrons. The van der Waals surface area contributed by atoms with Crippen LogP contribution in [0.1, 0.15) is 11.4 Å². The van der Waals surface area contributed by atoms with E-state index >= 15 is 0 Å². The second kappa shape index (κ2) is 5.87. The average molecular weight is 347 g/mol. The fourth-order valence-corrected chi connectivity index (χ4v) is 2.54. The maximum atomic E-state index is 6.02. The third-order valence-electron chi connectivity index (χ3n) is 2.29. The molecule has 1 aromatic carbocycles. The van der Waals surface area contributed by atoms with E-state index in [1.54, 1.807) is 6.92 Å². The number of aromatic nitrogens is 2. The minimum absolute atomic E-state index is 0.336.